The van der Waals surface area contributed by atoms with E-state index in [0.29, 0.717) is 10.4 Å². The first-order valence-electron chi connectivity index (χ1n) is 11.1. The van der Waals surface area contributed by atoms with Gasteiger partial charge in [-0.3, -0.25) is 4.79 Å². The van der Waals surface area contributed by atoms with Gasteiger partial charge >= 0.3 is 17.6 Å². The van der Waals surface area contributed by atoms with E-state index in [9.17, 15) is 14.4 Å². The summed E-state index contributed by atoms with van der Waals surface area (Å²) in [6, 6.07) is 22.6. The quantitative estimate of drug-likeness (QED) is 0.446. The van der Waals surface area contributed by atoms with Gasteiger partial charge in [-0.15, -0.1) is 5.10 Å². The maximum atomic E-state index is 12.7. The Kier molecular flexibility index (Phi) is 5.52. The Labute approximate surface area is 200 Å². The highest BCUT2D eigenvalue weighted by Crippen LogP contribution is 2.44. The summed E-state index contributed by atoms with van der Waals surface area (Å²) in [6.07, 6.45) is -0.786. The van der Waals surface area contributed by atoms with Crippen molar-refractivity contribution in [2.24, 2.45) is 0 Å². The number of hydrogen-bond acceptors (Lipinski definition) is 7. The Morgan fingerprint density at radius 2 is 1.54 bits per heavy atom. The van der Waals surface area contributed by atoms with Crippen LogP contribution in [-0.4, -0.2) is 39.4 Å². The second-order valence-electron chi connectivity index (χ2n) is 8.74. The van der Waals surface area contributed by atoms with E-state index in [1.807, 2.05) is 48.5 Å². The second-order valence-corrected chi connectivity index (χ2v) is 8.74. The topological polar surface area (TPSA) is 112 Å². The smallest absolute Gasteiger partial charge is 0.408 e. The number of benzene rings is 3. The molecule has 0 fully saturated rings. The van der Waals surface area contributed by atoms with Crippen molar-refractivity contribution in [2.75, 3.05) is 6.61 Å². The van der Waals surface area contributed by atoms with Gasteiger partial charge in [0.05, 0.1) is 5.39 Å². The van der Waals surface area contributed by atoms with E-state index in [1.165, 1.54) is 13.8 Å². The molecule has 4 aromatic rings. The van der Waals surface area contributed by atoms with Crippen LogP contribution < -0.4 is 15.7 Å². The van der Waals surface area contributed by atoms with Crippen molar-refractivity contribution in [1.29, 1.82) is 0 Å². The summed E-state index contributed by atoms with van der Waals surface area (Å²) in [6.45, 7) is 2.98. The number of ether oxygens (including phenoxy) is 1. The van der Waals surface area contributed by atoms with Gasteiger partial charge < -0.3 is 14.9 Å². The van der Waals surface area contributed by atoms with Gasteiger partial charge in [-0.2, -0.15) is 0 Å². The van der Waals surface area contributed by atoms with Crippen LogP contribution in [0.2, 0.25) is 0 Å². The lowest BCUT2D eigenvalue weighted by atomic mass is 9.98. The van der Waals surface area contributed by atoms with Gasteiger partial charge in [-0.1, -0.05) is 60.7 Å². The lowest BCUT2D eigenvalue weighted by molar-refractivity contribution is -0.153. The molecule has 176 valence electrons. The number of aromatic nitrogens is 3. The molecule has 3 aromatic carbocycles. The predicted molar refractivity (Wildman–Crippen MR) is 128 cm³/mol. The fourth-order valence-electron chi connectivity index (χ4n) is 4.17. The number of nitrogens with zero attached hydrogens (tertiary/aromatic N) is 3. The van der Waals surface area contributed by atoms with Gasteiger partial charge in [0, 0.05) is 5.92 Å². The first kappa shape index (κ1) is 22.3. The summed E-state index contributed by atoms with van der Waals surface area (Å²) in [5.41, 5.74) is 2.62. The molecule has 0 aliphatic heterocycles. The fraction of sp³-hybridized carbons (Fsp3) is 0.192. The van der Waals surface area contributed by atoms with Crippen LogP contribution in [-0.2, 0) is 9.53 Å². The zero-order valence-electron chi connectivity index (χ0n) is 19.1. The van der Waals surface area contributed by atoms with Crippen molar-refractivity contribution < 1.29 is 19.2 Å². The predicted octanol–water partition coefficient (Wildman–Crippen LogP) is 3.06. The molecule has 9 heteroatoms. The lowest BCUT2D eigenvalue weighted by Crippen LogP contribution is -2.54. The minimum atomic E-state index is -1.50. The highest BCUT2D eigenvalue weighted by Gasteiger charge is 2.35. The molecule has 1 aliphatic carbocycles. The third-order valence-electron chi connectivity index (χ3n) is 5.98. The van der Waals surface area contributed by atoms with E-state index in [1.54, 1.807) is 24.3 Å². The zero-order chi connectivity index (χ0) is 24.6. The van der Waals surface area contributed by atoms with Crippen molar-refractivity contribution in [3.8, 4) is 11.1 Å². The fourth-order valence-corrected chi connectivity index (χ4v) is 4.17. The number of alkyl carbamates (subject to hydrolysis) is 1. The standard InChI is InChI=1S/C26H22N4O5/c1-26(2,24(32)35-30-23(31)20-13-7-8-14-22(20)28-29-30)27-25(33)34-15-21-18-11-5-3-9-16(18)17-10-4-6-12-19(17)21/h3-14,21H,15H2,1-2H3,(H,27,33). The largest absolute Gasteiger partial charge is 0.449 e. The summed E-state index contributed by atoms with van der Waals surface area (Å²) < 4.78 is 5.50. The monoisotopic (exact) mass is 470 g/mol. The maximum Gasteiger partial charge on any atom is 0.408 e. The van der Waals surface area contributed by atoms with Crippen LogP contribution in [0.3, 0.4) is 0 Å². The summed E-state index contributed by atoms with van der Waals surface area (Å²) in [5, 5.41) is 10.3. The third-order valence-corrected chi connectivity index (χ3v) is 5.98. The number of amides is 1. The van der Waals surface area contributed by atoms with Crippen molar-refractivity contribution in [3.63, 3.8) is 0 Å². The molecule has 0 radical (unpaired) electrons. The first-order valence-corrected chi connectivity index (χ1v) is 11.1. The molecule has 0 atom stereocenters. The molecule has 1 aromatic heterocycles. The van der Waals surface area contributed by atoms with Crippen LogP contribution in [0.4, 0.5) is 4.79 Å². The lowest BCUT2D eigenvalue weighted by Gasteiger charge is -2.23. The van der Waals surface area contributed by atoms with Gasteiger partial charge in [-0.25, -0.2) is 9.59 Å². The van der Waals surface area contributed by atoms with Gasteiger partial charge in [0.25, 0.3) is 0 Å². The average Bonchev–Trinajstić information content (AvgIpc) is 3.18. The SMILES string of the molecule is CC(C)(NC(=O)OCC1c2ccccc2-c2ccccc21)C(=O)On1nnc2ccccc2c1=O. The van der Waals surface area contributed by atoms with Gasteiger partial charge in [-0.05, 0) is 58.3 Å². The molecule has 0 saturated carbocycles. The van der Waals surface area contributed by atoms with Crippen molar-refractivity contribution in [1.82, 2.24) is 20.5 Å². The van der Waals surface area contributed by atoms with E-state index in [-0.39, 0.29) is 17.9 Å². The third kappa shape index (κ3) is 4.12. The molecule has 35 heavy (non-hydrogen) atoms. The molecular weight excluding hydrogens is 448 g/mol. The van der Waals surface area contributed by atoms with E-state index in [4.69, 9.17) is 9.57 Å². The minimum absolute atomic E-state index is 0.0978. The van der Waals surface area contributed by atoms with Crippen molar-refractivity contribution >= 4 is 23.0 Å². The van der Waals surface area contributed by atoms with Crippen LogP contribution in [0, 0.1) is 0 Å². The molecular formula is C26H22N4O5. The van der Waals surface area contributed by atoms with E-state index in [0.717, 1.165) is 22.3 Å². The van der Waals surface area contributed by atoms with Gasteiger partial charge in [0.2, 0.25) is 0 Å². The van der Waals surface area contributed by atoms with Crippen LogP contribution in [0.25, 0.3) is 22.0 Å². The first-order chi connectivity index (χ1) is 16.8. The number of fused-ring (bicyclic) bond motifs is 4. The number of carbonyl (C=O) groups excluding carboxylic acids is 2. The molecule has 1 aliphatic rings. The van der Waals surface area contributed by atoms with Gasteiger partial charge in [0.15, 0.2) is 0 Å². The summed E-state index contributed by atoms with van der Waals surface area (Å²) in [7, 11) is 0. The van der Waals surface area contributed by atoms with E-state index in [2.05, 4.69) is 15.6 Å². The van der Waals surface area contributed by atoms with Crippen molar-refractivity contribution in [2.45, 2.75) is 25.3 Å². The van der Waals surface area contributed by atoms with Gasteiger partial charge in [0.1, 0.15) is 17.7 Å². The van der Waals surface area contributed by atoms with Crippen LogP contribution in [0.5, 0.6) is 0 Å². The molecule has 0 unspecified atom stereocenters. The molecule has 0 bridgehead atoms. The summed E-state index contributed by atoms with van der Waals surface area (Å²) in [5.74, 6) is -1.02. The highest BCUT2D eigenvalue weighted by atomic mass is 16.7. The molecule has 1 amide bonds. The zero-order valence-corrected chi connectivity index (χ0v) is 19.1. The average molecular weight is 470 g/mol. The van der Waals surface area contributed by atoms with Crippen LogP contribution in [0.1, 0.15) is 30.9 Å². The molecule has 1 heterocycles. The molecule has 0 spiro atoms. The maximum absolute atomic E-state index is 12.7. The van der Waals surface area contributed by atoms with Crippen LogP contribution in [0.15, 0.2) is 77.6 Å². The summed E-state index contributed by atoms with van der Waals surface area (Å²) >= 11 is 0. The molecule has 1 N–H and O–H groups in total. The number of rotatable bonds is 5. The summed E-state index contributed by atoms with van der Waals surface area (Å²) in [4.78, 5) is 43.5. The number of nitrogens with one attached hydrogen (secondary N) is 1. The minimum Gasteiger partial charge on any atom is -0.449 e. The Bertz CT molecular complexity index is 1470. The molecule has 0 saturated heterocycles. The second kappa shape index (κ2) is 8.68. The number of carbonyl (C=O) groups is 2. The van der Waals surface area contributed by atoms with Crippen LogP contribution >= 0.6 is 0 Å². The number of hydrogen-bond donors (Lipinski definition) is 1. The normalized spacial score (nSPS) is 12.6. The van der Waals surface area contributed by atoms with E-state index < -0.39 is 23.2 Å². The Balaban J connectivity index is 1.26. The molecule has 5 rings (SSSR count). The van der Waals surface area contributed by atoms with E-state index >= 15 is 0 Å². The Morgan fingerprint density at radius 1 is 0.943 bits per heavy atom. The highest BCUT2D eigenvalue weighted by molar-refractivity contribution is 5.85. The van der Waals surface area contributed by atoms with Crippen molar-refractivity contribution in [3.05, 3.63) is 94.3 Å². The Morgan fingerprint density at radius 3 is 2.23 bits per heavy atom. The Hall–Kier alpha value is -4.53. The molecule has 9 nitrogen and oxygen atoms in total.